The van der Waals surface area contributed by atoms with Crippen molar-refractivity contribution in [2.24, 2.45) is 0 Å². The predicted octanol–water partition coefficient (Wildman–Crippen LogP) is 0.147. The van der Waals surface area contributed by atoms with E-state index in [4.69, 9.17) is 11.2 Å². The van der Waals surface area contributed by atoms with Gasteiger partial charge in [0.2, 0.25) is 5.91 Å². The van der Waals surface area contributed by atoms with Gasteiger partial charge in [-0.05, 0) is 0 Å². The van der Waals surface area contributed by atoms with E-state index >= 15 is 0 Å². The smallest absolute Gasteiger partial charge is 0.230 e. The lowest BCUT2D eigenvalue weighted by atomic mass is 10.6. The lowest BCUT2D eigenvalue weighted by Gasteiger charge is -2.01. The van der Waals surface area contributed by atoms with Gasteiger partial charge < -0.3 is 10.1 Å². The van der Waals surface area contributed by atoms with Crippen molar-refractivity contribution < 1.29 is 9.53 Å². The fourth-order valence-electron chi connectivity index (χ4n) is 0.441. The predicted molar refractivity (Wildman–Crippen MR) is 46.5 cm³/mol. The monoisotopic (exact) mass is 219 g/mol. The van der Waals surface area contributed by atoms with E-state index in [9.17, 15) is 4.79 Å². The van der Waals surface area contributed by atoms with Crippen LogP contribution in [0.15, 0.2) is 0 Å². The van der Waals surface area contributed by atoms with Crippen molar-refractivity contribution in [3.05, 3.63) is 0 Å². The van der Waals surface area contributed by atoms with Gasteiger partial charge in [0.1, 0.15) is 6.61 Å². The Morgan fingerprint density at radius 3 is 3.00 bits per heavy atom. The average molecular weight is 220 g/mol. The van der Waals surface area contributed by atoms with Gasteiger partial charge >= 0.3 is 0 Å². The van der Waals surface area contributed by atoms with Gasteiger partial charge in [-0.1, -0.05) is 21.9 Å². The summed E-state index contributed by atoms with van der Waals surface area (Å²) in [6.45, 7) is 1.26. The van der Waals surface area contributed by atoms with E-state index in [1.807, 2.05) is 0 Å². The van der Waals surface area contributed by atoms with Gasteiger partial charge in [0.05, 0.1) is 11.9 Å². The molecule has 0 aromatic rings. The summed E-state index contributed by atoms with van der Waals surface area (Å²) in [7, 11) is 0. The van der Waals surface area contributed by atoms with E-state index in [0.29, 0.717) is 25.1 Å². The minimum Gasteiger partial charge on any atom is -0.367 e. The molecule has 0 saturated heterocycles. The van der Waals surface area contributed by atoms with Gasteiger partial charge in [-0.3, -0.25) is 4.79 Å². The Balaban J connectivity index is 3.03. The third kappa shape index (κ3) is 7.37. The normalized spacial score (nSPS) is 8.73. The van der Waals surface area contributed by atoms with Crippen LogP contribution in [-0.2, 0) is 9.53 Å². The largest absolute Gasteiger partial charge is 0.367 e. The van der Waals surface area contributed by atoms with Gasteiger partial charge in [-0.2, -0.15) is 0 Å². The van der Waals surface area contributed by atoms with Crippen molar-refractivity contribution >= 4 is 21.8 Å². The maximum absolute atomic E-state index is 10.6. The molecule has 0 heterocycles. The first-order valence-electron chi connectivity index (χ1n) is 3.15. The van der Waals surface area contributed by atoms with Crippen LogP contribution in [0.25, 0.3) is 0 Å². The first-order valence-corrected chi connectivity index (χ1v) is 4.27. The molecule has 0 aliphatic rings. The Morgan fingerprint density at radius 1 is 1.73 bits per heavy atom. The Hall–Kier alpha value is -0.530. The molecule has 0 radical (unpaired) electrons. The third-order valence-corrected chi connectivity index (χ3v) is 1.38. The number of ether oxygens (including phenoxy) is 1. The van der Waals surface area contributed by atoms with Crippen molar-refractivity contribution in [3.8, 4) is 12.3 Å². The molecule has 0 rings (SSSR count). The molecule has 62 valence electrons. The molecule has 0 aromatic heterocycles. The molecule has 0 spiro atoms. The molecule has 0 unspecified atom stereocenters. The van der Waals surface area contributed by atoms with Crippen molar-refractivity contribution in [1.82, 2.24) is 5.32 Å². The molecule has 0 atom stereocenters. The molecule has 1 N–H and O–H groups in total. The second kappa shape index (κ2) is 7.58. The molecule has 3 nitrogen and oxygen atoms in total. The van der Waals surface area contributed by atoms with Gasteiger partial charge in [-0.15, -0.1) is 6.42 Å². The van der Waals surface area contributed by atoms with Gasteiger partial charge in [0.15, 0.2) is 0 Å². The molecular weight excluding hydrogens is 210 g/mol. The second-order valence-corrected chi connectivity index (χ2v) is 2.30. The second-order valence-electron chi connectivity index (χ2n) is 1.74. The molecule has 0 aliphatic heterocycles. The number of carbonyl (C=O) groups is 1. The number of hydrogen-bond donors (Lipinski definition) is 1. The number of alkyl halides is 1. The summed E-state index contributed by atoms with van der Waals surface area (Å²) in [6, 6.07) is 0. The van der Waals surface area contributed by atoms with Crippen LogP contribution in [0.4, 0.5) is 0 Å². The average Bonchev–Trinajstić information content (AvgIpc) is 2.04. The standard InChI is InChI=1S/C7H10BrNO2/c1-2-4-11-5-3-9-7(10)6-8/h1H,3-6H2,(H,9,10). The van der Waals surface area contributed by atoms with E-state index in [1.165, 1.54) is 0 Å². The number of terminal acetylenes is 1. The fraction of sp³-hybridized carbons (Fsp3) is 0.571. The summed E-state index contributed by atoms with van der Waals surface area (Å²) >= 11 is 3.01. The topological polar surface area (TPSA) is 38.3 Å². The zero-order valence-corrected chi connectivity index (χ0v) is 7.69. The van der Waals surface area contributed by atoms with Gasteiger partial charge in [0, 0.05) is 6.54 Å². The number of amides is 1. The summed E-state index contributed by atoms with van der Waals surface area (Å²) < 4.78 is 4.91. The number of halogens is 1. The maximum atomic E-state index is 10.6. The highest BCUT2D eigenvalue weighted by molar-refractivity contribution is 9.09. The quantitative estimate of drug-likeness (QED) is 0.406. The Labute approximate surface area is 74.6 Å². The van der Waals surface area contributed by atoms with Crippen LogP contribution in [0.5, 0.6) is 0 Å². The molecule has 11 heavy (non-hydrogen) atoms. The highest BCUT2D eigenvalue weighted by Gasteiger charge is 1.94. The zero-order valence-electron chi connectivity index (χ0n) is 6.10. The van der Waals surface area contributed by atoms with E-state index in [2.05, 4.69) is 27.2 Å². The van der Waals surface area contributed by atoms with Crippen LogP contribution in [0.2, 0.25) is 0 Å². The summed E-state index contributed by atoms with van der Waals surface area (Å²) in [4.78, 5) is 10.6. The Morgan fingerprint density at radius 2 is 2.45 bits per heavy atom. The molecule has 4 heteroatoms. The van der Waals surface area contributed by atoms with Crippen molar-refractivity contribution in [3.63, 3.8) is 0 Å². The van der Waals surface area contributed by atoms with Crippen LogP contribution >= 0.6 is 15.9 Å². The SMILES string of the molecule is C#CCOCCNC(=O)CBr. The van der Waals surface area contributed by atoms with Crippen molar-refractivity contribution in [1.29, 1.82) is 0 Å². The molecule has 0 aromatic carbocycles. The summed E-state index contributed by atoms with van der Waals surface area (Å²) in [5, 5.41) is 2.93. The Kier molecular flexibility index (Phi) is 7.21. The minimum absolute atomic E-state index is 0.0469. The molecular formula is C7H10BrNO2. The fourth-order valence-corrected chi connectivity index (χ4v) is 0.639. The number of hydrogen-bond acceptors (Lipinski definition) is 2. The molecule has 1 amide bonds. The number of carbonyl (C=O) groups excluding carboxylic acids is 1. The lowest BCUT2D eigenvalue weighted by Crippen LogP contribution is -2.27. The minimum atomic E-state index is -0.0469. The first kappa shape index (κ1) is 10.5. The lowest BCUT2D eigenvalue weighted by molar-refractivity contribution is -0.118. The van der Waals surface area contributed by atoms with E-state index in [-0.39, 0.29) is 5.91 Å². The van der Waals surface area contributed by atoms with Gasteiger partial charge in [-0.25, -0.2) is 0 Å². The van der Waals surface area contributed by atoms with Crippen LogP contribution in [-0.4, -0.2) is 31.0 Å². The van der Waals surface area contributed by atoms with Crippen molar-refractivity contribution in [2.75, 3.05) is 25.1 Å². The van der Waals surface area contributed by atoms with Crippen molar-refractivity contribution in [2.45, 2.75) is 0 Å². The highest BCUT2D eigenvalue weighted by atomic mass is 79.9. The van der Waals surface area contributed by atoms with E-state index in [1.54, 1.807) is 0 Å². The number of nitrogens with one attached hydrogen (secondary N) is 1. The van der Waals surface area contributed by atoms with E-state index in [0.717, 1.165) is 0 Å². The first-order chi connectivity index (χ1) is 5.31. The summed E-state index contributed by atoms with van der Waals surface area (Å²) in [5.74, 6) is 2.28. The van der Waals surface area contributed by atoms with Gasteiger partial charge in [0.25, 0.3) is 0 Å². The van der Waals surface area contributed by atoms with Crippen LogP contribution in [0, 0.1) is 12.3 Å². The molecule has 0 fully saturated rings. The van der Waals surface area contributed by atoms with Crippen LogP contribution in [0.3, 0.4) is 0 Å². The summed E-state index contributed by atoms with van der Waals surface area (Å²) in [6.07, 6.45) is 4.93. The number of rotatable bonds is 5. The molecule has 0 bridgehead atoms. The molecule has 0 saturated carbocycles. The summed E-state index contributed by atoms with van der Waals surface area (Å²) in [5.41, 5.74) is 0. The third-order valence-electron chi connectivity index (χ3n) is 0.875. The van der Waals surface area contributed by atoms with E-state index < -0.39 is 0 Å². The Bertz CT molecular complexity index is 153. The maximum Gasteiger partial charge on any atom is 0.230 e. The highest BCUT2D eigenvalue weighted by Crippen LogP contribution is 1.78. The molecule has 0 aliphatic carbocycles. The van der Waals surface area contributed by atoms with Crippen LogP contribution in [0.1, 0.15) is 0 Å². The zero-order chi connectivity index (χ0) is 8.53. The van der Waals surface area contributed by atoms with Crippen LogP contribution < -0.4 is 5.32 Å².